The van der Waals surface area contributed by atoms with Crippen molar-refractivity contribution < 1.29 is 4.79 Å². The second kappa shape index (κ2) is 6.78. The molecule has 2 aromatic rings. The van der Waals surface area contributed by atoms with E-state index in [0.29, 0.717) is 12.5 Å². The highest BCUT2D eigenvalue weighted by Crippen LogP contribution is 2.20. The standard InChI is InChI=1S/C16H22N6O/c1-21(2)11-15(23)19-12-6-9-22(10-12)16-18-8-5-14(20-16)13-4-3-7-17-13/h3-5,7-8,12,17H,6,9-11H2,1-2H3,(H,19,23). The fraction of sp³-hybridized carbons (Fsp3) is 0.438. The number of nitrogens with one attached hydrogen (secondary N) is 2. The van der Waals surface area contributed by atoms with Crippen LogP contribution in [0.5, 0.6) is 0 Å². The number of nitrogens with zero attached hydrogens (tertiary/aromatic N) is 4. The first-order valence-corrected chi connectivity index (χ1v) is 7.77. The van der Waals surface area contributed by atoms with Crippen LogP contribution in [0.3, 0.4) is 0 Å². The maximum absolute atomic E-state index is 11.9. The fourth-order valence-electron chi connectivity index (χ4n) is 2.76. The van der Waals surface area contributed by atoms with Gasteiger partial charge in [-0.15, -0.1) is 0 Å². The minimum Gasteiger partial charge on any atom is -0.360 e. The molecule has 1 aliphatic heterocycles. The molecule has 0 radical (unpaired) electrons. The number of anilines is 1. The summed E-state index contributed by atoms with van der Waals surface area (Å²) in [5.41, 5.74) is 1.85. The zero-order valence-electron chi connectivity index (χ0n) is 13.5. The average molecular weight is 314 g/mol. The van der Waals surface area contributed by atoms with Gasteiger partial charge < -0.3 is 20.1 Å². The molecule has 3 rings (SSSR count). The van der Waals surface area contributed by atoms with E-state index in [0.717, 1.165) is 30.9 Å². The predicted molar refractivity (Wildman–Crippen MR) is 89.1 cm³/mol. The van der Waals surface area contributed by atoms with Crippen LogP contribution < -0.4 is 10.2 Å². The summed E-state index contributed by atoms with van der Waals surface area (Å²) in [7, 11) is 3.78. The Labute approximate surface area is 135 Å². The number of likely N-dealkylation sites (N-methyl/N-ethyl adjacent to an activating group) is 1. The molecule has 122 valence electrons. The first-order valence-electron chi connectivity index (χ1n) is 7.77. The summed E-state index contributed by atoms with van der Waals surface area (Å²) in [6.07, 6.45) is 4.56. The summed E-state index contributed by atoms with van der Waals surface area (Å²) in [5.74, 6) is 0.768. The summed E-state index contributed by atoms with van der Waals surface area (Å²) >= 11 is 0. The largest absolute Gasteiger partial charge is 0.360 e. The third-order valence-corrected chi connectivity index (χ3v) is 3.81. The maximum atomic E-state index is 11.9. The Kier molecular flexibility index (Phi) is 4.57. The lowest BCUT2D eigenvalue weighted by atomic mass is 10.2. The number of carbonyl (C=O) groups excluding carboxylic acids is 1. The Morgan fingerprint density at radius 2 is 2.35 bits per heavy atom. The van der Waals surface area contributed by atoms with Gasteiger partial charge in [0, 0.05) is 31.5 Å². The molecule has 3 heterocycles. The van der Waals surface area contributed by atoms with E-state index in [1.807, 2.05) is 43.4 Å². The Bertz CT molecular complexity index is 654. The van der Waals surface area contributed by atoms with Crippen molar-refractivity contribution in [2.24, 2.45) is 0 Å². The molecule has 2 aromatic heterocycles. The monoisotopic (exact) mass is 314 g/mol. The number of carbonyl (C=O) groups is 1. The number of rotatable bonds is 5. The molecule has 0 aromatic carbocycles. The van der Waals surface area contributed by atoms with Crippen molar-refractivity contribution in [3.8, 4) is 11.4 Å². The molecular weight excluding hydrogens is 292 g/mol. The fourth-order valence-corrected chi connectivity index (χ4v) is 2.76. The van der Waals surface area contributed by atoms with Crippen molar-refractivity contribution in [2.75, 3.05) is 38.6 Å². The smallest absolute Gasteiger partial charge is 0.234 e. The number of hydrogen-bond acceptors (Lipinski definition) is 5. The van der Waals surface area contributed by atoms with Gasteiger partial charge in [-0.05, 0) is 38.7 Å². The van der Waals surface area contributed by atoms with Gasteiger partial charge in [-0.2, -0.15) is 0 Å². The van der Waals surface area contributed by atoms with Crippen molar-refractivity contribution in [1.29, 1.82) is 0 Å². The summed E-state index contributed by atoms with van der Waals surface area (Å²) in [4.78, 5) is 28.0. The Hall–Kier alpha value is -2.41. The highest BCUT2D eigenvalue weighted by atomic mass is 16.2. The van der Waals surface area contributed by atoms with Crippen LogP contribution in [0.15, 0.2) is 30.6 Å². The molecule has 0 bridgehead atoms. The van der Waals surface area contributed by atoms with Crippen LogP contribution in [0.4, 0.5) is 5.95 Å². The van der Waals surface area contributed by atoms with E-state index in [-0.39, 0.29) is 11.9 Å². The average Bonchev–Trinajstić information content (AvgIpc) is 3.18. The minimum absolute atomic E-state index is 0.0582. The first kappa shape index (κ1) is 15.5. The molecule has 1 aliphatic rings. The molecule has 1 fully saturated rings. The van der Waals surface area contributed by atoms with Crippen LogP contribution in [-0.4, -0.2) is 65.5 Å². The van der Waals surface area contributed by atoms with Gasteiger partial charge in [0.2, 0.25) is 11.9 Å². The van der Waals surface area contributed by atoms with E-state index >= 15 is 0 Å². The highest BCUT2D eigenvalue weighted by molar-refractivity contribution is 5.78. The summed E-state index contributed by atoms with van der Waals surface area (Å²) < 4.78 is 0. The van der Waals surface area contributed by atoms with E-state index in [2.05, 4.69) is 25.2 Å². The lowest BCUT2D eigenvalue weighted by Crippen LogP contribution is -2.41. The van der Waals surface area contributed by atoms with Gasteiger partial charge in [-0.25, -0.2) is 9.97 Å². The minimum atomic E-state index is 0.0582. The third kappa shape index (κ3) is 3.87. The summed E-state index contributed by atoms with van der Waals surface area (Å²) in [6, 6.07) is 5.98. The van der Waals surface area contributed by atoms with Crippen LogP contribution in [0.1, 0.15) is 6.42 Å². The van der Waals surface area contributed by atoms with E-state index in [9.17, 15) is 4.79 Å². The van der Waals surface area contributed by atoms with Gasteiger partial charge in [-0.1, -0.05) is 0 Å². The van der Waals surface area contributed by atoms with Crippen LogP contribution >= 0.6 is 0 Å². The number of amides is 1. The van der Waals surface area contributed by atoms with E-state index in [1.165, 1.54) is 0 Å². The molecule has 7 nitrogen and oxygen atoms in total. The number of aromatic nitrogens is 3. The molecule has 2 N–H and O–H groups in total. The van der Waals surface area contributed by atoms with Gasteiger partial charge >= 0.3 is 0 Å². The first-order chi connectivity index (χ1) is 11.1. The van der Waals surface area contributed by atoms with Crippen molar-refractivity contribution in [1.82, 2.24) is 25.2 Å². The van der Waals surface area contributed by atoms with Gasteiger partial charge in [-0.3, -0.25) is 4.79 Å². The molecule has 0 saturated carbocycles. The van der Waals surface area contributed by atoms with Crippen LogP contribution in [0, 0.1) is 0 Å². The van der Waals surface area contributed by atoms with Crippen LogP contribution in [0.25, 0.3) is 11.4 Å². The van der Waals surface area contributed by atoms with Crippen molar-refractivity contribution in [2.45, 2.75) is 12.5 Å². The van der Waals surface area contributed by atoms with Crippen LogP contribution in [0.2, 0.25) is 0 Å². The summed E-state index contributed by atoms with van der Waals surface area (Å²) in [5, 5.41) is 3.07. The second-order valence-electron chi connectivity index (χ2n) is 6.06. The molecule has 1 saturated heterocycles. The number of hydrogen-bond donors (Lipinski definition) is 2. The Balaban J connectivity index is 1.63. The molecule has 1 unspecified atom stereocenters. The van der Waals surface area contributed by atoms with E-state index in [4.69, 9.17) is 0 Å². The molecule has 0 spiro atoms. The van der Waals surface area contributed by atoms with E-state index in [1.54, 1.807) is 6.20 Å². The molecule has 0 aliphatic carbocycles. The van der Waals surface area contributed by atoms with Gasteiger partial charge in [0.1, 0.15) is 0 Å². The lowest BCUT2D eigenvalue weighted by Gasteiger charge is -2.18. The summed E-state index contributed by atoms with van der Waals surface area (Å²) in [6.45, 7) is 2.00. The molecule has 1 atom stereocenters. The van der Waals surface area contributed by atoms with Crippen molar-refractivity contribution in [3.05, 3.63) is 30.6 Å². The second-order valence-corrected chi connectivity index (χ2v) is 6.06. The normalized spacial score (nSPS) is 17.7. The van der Waals surface area contributed by atoms with Crippen LogP contribution in [-0.2, 0) is 4.79 Å². The third-order valence-electron chi connectivity index (χ3n) is 3.81. The van der Waals surface area contributed by atoms with Crippen molar-refractivity contribution in [3.63, 3.8) is 0 Å². The quantitative estimate of drug-likeness (QED) is 0.851. The van der Waals surface area contributed by atoms with Gasteiger partial charge in [0.05, 0.1) is 17.9 Å². The SMILES string of the molecule is CN(C)CC(=O)NC1CCN(c2nccc(-c3ccc[nH]3)n2)C1. The topological polar surface area (TPSA) is 77.2 Å². The lowest BCUT2D eigenvalue weighted by molar-refractivity contribution is -0.122. The Morgan fingerprint density at radius 3 is 3.09 bits per heavy atom. The number of H-pyrrole nitrogens is 1. The zero-order valence-corrected chi connectivity index (χ0v) is 13.5. The Morgan fingerprint density at radius 1 is 1.48 bits per heavy atom. The molecular formula is C16H22N6O. The molecule has 7 heteroatoms. The van der Waals surface area contributed by atoms with Crippen molar-refractivity contribution >= 4 is 11.9 Å². The predicted octanol–water partition coefficient (Wildman–Crippen LogP) is 0.728. The molecule has 1 amide bonds. The number of aromatic amines is 1. The van der Waals surface area contributed by atoms with Gasteiger partial charge in [0.25, 0.3) is 0 Å². The van der Waals surface area contributed by atoms with E-state index < -0.39 is 0 Å². The maximum Gasteiger partial charge on any atom is 0.234 e. The zero-order chi connectivity index (χ0) is 16.2. The molecule has 23 heavy (non-hydrogen) atoms. The van der Waals surface area contributed by atoms with Gasteiger partial charge in [0.15, 0.2) is 0 Å². The highest BCUT2D eigenvalue weighted by Gasteiger charge is 2.25.